The van der Waals surface area contributed by atoms with Gasteiger partial charge in [-0.25, -0.2) is 9.78 Å². The van der Waals surface area contributed by atoms with Crippen molar-refractivity contribution in [3.05, 3.63) is 46.4 Å². The number of carbonyl (C=O) groups is 1. The number of nitrogens with zero attached hydrogens (tertiary/aromatic N) is 1. The lowest BCUT2D eigenvalue weighted by atomic mass is 10.2. The Morgan fingerprint density at radius 2 is 2.14 bits per heavy atom. The largest absolute Gasteiger partial charge is 0.496 e. The molecule has 5 nitrogen and oxygen atoms in total. The van der Waals surface area contributed by atoms with Crippen LogP contribution >= 0.6 is 15.9 Å². The normalized spacial score (nSPS) is 10.8. The van der Waals surface area contributed by atoms with Crippen molar-refractivity contribution in [1.29, 1.82) is 0 Å². The molecule has 0 amide bonds. The van der Waals surface area contributed by atoms with Crippen molar-refractivity contribution in [2.75, 3.05) is 7.11 Å². The van der Waals surface area contributed by atoms with E-state index in [1.807, 2.05) is 6.07 Å². The minimum atomic E-state index is -1.03. The first-order valence-corrected chi connectivity index (χ1v) is 6.86. The second-order valence-electron chi connectivity index (χ2n) is 4.33. The fraction of sp³-hybridized carbons (Fsp3) is 0.0667. The summed E-state index contributed by atoms with van der Waals surface area (Å²) in [7, 11) is 1.58. The van der Waals surface area contributed by atoms with E-state index in [1.165, 1.54) is 6.07 Å². The highest BCUT2D eigenvalue weighted by atomic mass is 79.9. The Balaban J connectivity index is 2.15. The van der Waals surface area contributed by atoms with E-state index in [0.717, 1.165) is 10.0 Å². The average molecular weight is 348 g/mol. The molecule has 1 aromatic heterocycles. The first-order valence-electron chi connectivity index (χ1n) is 6.07. The fourth-order valence-electron chi connectivity index (χ4n) is 2.04. The molecule has 0 aliphatic carbocycles. The van der Waals surface area contributed by atoms with E-state index in [4.69, 9.17) is 14.3 Å². The van der Waals surface area contributed by atoms with Crippen LogP contribution in [-0.4, -0.2) is 23.2 Å². The number of aromatic carboxylic acids is 1. The lowest BCUT2D eigenvalue weighted by Gasteiger charge is -2.03. The SMILES string of the molecule is COc1ccc(-c2nc3c(C(=O)O)cccc3o2)cc1Br. The molecule has 3 rings (SSSR count). The molecule has 0 aliphatic heterocycles. The number of aromatic nitrogens is 1. The van der Waals surface area contributed by atoms with Crippen molar-refractivity contribution >= 4 is 33.0 Å². The predicted molar refractivity (Wildman–Crippen MR) is 80.7 cm³/mol. The van der Waals surface area contributed by atoms with E-state index in [0.29, 0.717) is 22.7 Å². The standard InChI is InChI=1S/C15H10BrNO4/c1-20-11-6-5-8(7-10(11)16)14-17-13-9(15(18)19)3-2-4-12(13)21-14/h2-7H,1H3,(H,18,19). The Morgan fingerprint density at radius 1 is 1.33 bits per heavy atom. The number of carboxylic acid groups (broad SMARTS) is 1. The molecular weight excluding hydrogens is 338 g/mol. The maximum absolute atomic E-state index is 11.2. The minimum Gasteiger partial charge on any atom is -0.496 e. The van der Waals surface area contributed by atoms with Gasteiger partial charge in [0.05, 0.1) is 17.1 Å². The molecule has 0 atom stereocenters. The molecule has 1 N–H and O–H groups in total. The molecule has 0 bridgehead atoms. The van der Waals surface area contributed by atoms with Gasteiger partial charge in [0.1, 0.15) is 11.3 Å². The van der Waals surface area contributed by atoms with E-state index in [1.54, 1.807) is 31.4 Å². The summed E-state index contributed by atoms with van der Waals surface area (Å²) in [5, 5.41) is 9.17. The Morgan fingerprint density at radius 3 is 2.81 bits per heavy atom. The quantitative estimate of drug-likeness (QED) is 0.776. The van der Waals surface area contributed by atoms with Crippen LogP contribution in [0.25, 0.3) is 22.6 Å². The molecule has 0 fully saturated rings. The van der Waals surface area contributed by atoms with Gasteiger partial charge in [0.15, 0.2) is 5.58 Å². The number of oxazole rings is 1. The Bertz CT molecular complexity index is 841. The number of carboxylic acids is 1. The third kappa shape index (κ3) is 2.38. The zero-order valence-electron chi connectivity index (χ0n) is 11.0. The molecule has 6 heteroatoms. The van der Waals surface area contributed by atoms with Crippen molar-refractivity contribution in [1.82, 2.24) is 4.98 Å². The summed E-state index contributed by atoms with van der Waals surface area (Å²) in [6, 6.07) is 10.2. The van der Waals surface area contributed by atoms with Crippen molar-refractivity contribution in [2.45, 2.75) is 0 Å². The first-order chi connectivity index (χ1) is 10.1. The minimum absolute atomic E-state index is 0.120. The number of rotatable bonds is 3. The molecule has 0 aliphatic rings. The van der Waals surface area contributed by atoms with Crippen LogP contribution in [0.3, 0.4) is 0 Å². The second kappa shape index (κ2) is 5.21. The lowest BCUT2D eigenvalue weighted by Crippen LogP contribution is -1.96. The van der Waals surface area contributed by atoms with Crippen LogP contribution in [0.2, 0.25) is 0 Å². The summed E-state index contributed by atoms with van der Waals surface area (Å²) in [6.45, 7) is 0. The number of halogens is 1. The van der Waals surface area contributed by atoms with Crippen LogP contribution in [0.1, 0.15) is 10.4 Å². The van der Waals surface area contributed by atoms with E-state index in [2.05, 4.69) is 20.9 Å². The Hall–Kier alpha value is -2.34. The Kier molecular flexibility index (Phi) is 3.39. The van der Waals surface area contributed by atoms with Crippen LogP contribution in [0.5, 0.6) is 5.75 Å². The van der Waals surface area contributed by atoms with Gasteiger partial charge in [0.25, 0.3) is 0 Å². The number of para-hydroxylation sites is 1. The van der Waals surface area contributed by atoms with Gasteiger partial charge in [-0.2, -0.15) is 0 Å². The molecule has 0 saturated heterocycles. The number of hydrogen-bond donors (Lipinski definition) is 1. The molecule has 0 spiro atoms. The van der Waals surface area contributed by atoms with Crippen LogP contribution in [-0.2, 0) is 0 Å². The summed E-state index contributed by atoms with van der Waals surface area (Å²) in [4.78, 5) is 15.5. The third-order valence-electron chi connectivity index (χ3n) is 3.05. The van der Waals surface area contributed by atoms with Crippen molar-refractivity contribution in [2.24, 2.45) is 0 Å². The van der Waals surface area contributed by atoms with Crippen LogP contribution in [0.4, 0.5) is 0 Å². The fourth-order valence-corrected chi connectivity index (χ4v) is 2.58. The second-order valence-corrected chi connectivity index (χ2v) is 5.18. The summed E-state index contributed by atoms with van der Waals surface area (Å²) in [5.74, 6) is 0.0273. The monoisotopic (exact) mass is 347 g/mol. The highest BCUT2D eigenvalue weighted by molar-refractivity contribution is 9.10. The van der Waals surface area contributed by atoms with Gasteiger partial charge in [0, 0.05) is 5.56 Å². The topological polar surface area (TPSA) is 72.6 Å². The molecule has 0 radical (unpaired) electrons. The molecule has 0 unspecified atom stereocenters. The Labute approximate surface area is 128 Å². The van der Waals surface area contributed by atoms with Gasteiger partial charge in [-0.05, 0) is 46.3 Å². The number of methoxy groups -OCH3 is 1. The van der Waals surface area contributed by atoms with Gasteiger partial charge in [-0.3, -0.25) is 0 Å². The number of hydrogen-bond acceptors (Lipinski definition) is 4. The van der Waals surface area contributed by atoms with Crippen LogP contribution in [0.15, 0.2) is 45.3 Å². The zero-order valence-corrected chi connectivity index (χ0v) is 12.5. The molecule has 106 valence electrons. The van der Waals surface area contributed by atoms with Gasteiger partial charge in [0.2, 0.25) is 5.89 Å². The van der Waals surface area contributed by atoms with Crippen LogP contribution < -0.4 is 4.74 Å². The summed E-state index contributed by atoms with van der Waals surface area (Å²) in [6.07, 6.45) is 0. The van der Waals surface area contributed by atoms with Gasteiger partial charge in [-0.1, -0.05) is 6.07 Å². The van der Waals surface area contributed by atoms with Crippen LogP contribution in [0, 0.1) is 0 Å². The molecule has 1 heterocycles. The summed E-state index contributed by atoms with van der Waals surface area (Å²) < 4.78 is 11.6. The third-order valence-corrected chi connectivity index (χ3v) is 3.67. The maximum atomic E-state index is 11.2. The van der Waals surface area contributed by atoms with Crippen molar-refractivity contribution < 1.29 is 19.1 Å². The molecule has 2 aromatic carbocycles. The summed E-state index contributed by atoms with van der Waals surface area (Å²) >= 11 is 3.40. The molecule has 0 saturated carbocycles. The van der Waals surface area contributed by atoms with E-state index >= 15 is 0 Å². The smallest absolute Gasteiger partial charge is 0.338 e. The van der Waals surface area contributed by atoms with E-state index in [-0.39, 0.29) is 5.56 Å². The zero-order chi connectivity index (χ0) is 15.0. The van der Waals surface area contributed by atoms with E-state index < -0.39 is 5.97 Å². The number of benzene rings is 2. The maximum Gasteiger partial charge on any atom is 0.338 e. The van der Waals surface area contributed by atoms with Gasteiger partial charge >= 0.3 is 5.97 Å². The van der Waals surface area contributed by atoms with Gasteiger partial charge < -0.3 is 14.3 Å². The lowest BCUT2D eigenvalue weighted by molar-refractivity contribution is 0.0699. The van der Waals surface area contributed by atoms with E-state index in [9.17, 15) is 4.79 Å². The number of ether oxygens (including phenoxy) is 1. The molecular formula is C15H10BrNO4. The van der Waals surface area contributed by atoms with Gasteiger partial charge in [-0.15, -0.1) is 0 Å². The average Bonchev–Trinajstić information content (AvgIpc) is 2.90. The highest BCUT2D eigenvalue weighted by Crippen LogP contribution is 2.32. The predicted octanol–water partition coefficient (Wildman–Crippen LogP) is 3.96. The number of fused-ring (bicyclic) bond motifs is 1. The molecule has 21 heavy (non-hydrogen) atoms. The molecule has 3 aromatic rings. The first kappa shape index (κ1) is 13.6. The highest BCUT2D eigenvalue weighted by Gasteiger charge is 2.16. The van der Waals surface area contributed by atoms with Crippen molar-refractivity contribution in [3.63, 3.8) is 0 Å². The van der Waals surface area contributed by atoms with Crippen molar-refractivity contribution in [3.8, 4) is 17.2 Å². The summed E-state index contributed by atoms with van der Waals surface area (Å²) in [5.41, 5.74) is 1.63.